The average Bonchev–Trinajstić information content (AvgIpc) is 2.04. The summed E-state index contributed by atoms with van der Waals surface area (Å²) in [6, 6.07) is 0. The highest BCUT2D eigenvalue weighted by Gasteiger charge is 2.12. The fourth-order valence-electron chi connectivity index (χ4n) is 1.35. The van der Waals surface area contributed by atoms with E-state index in [0.717, 1.165) is 26.2 Å². The maximum absolute atomic E-state index is 7.35. The second kappa shape index (κ2) is 4.73. The molecule has 2 heteroatoms. The third-order valence-electron chi connectivity index (χ3n) is 2.20. The molecule has 0 spiro atoms. The van der Waals surface area contributed by atoms with E-state index in [9.17, 15) is 0 Å². The van der Waals surface area contributed by atoms with Crippen molar-refractivity contribution in [2.24, 2.45) is 0 Å². The van der Waals surface area contributed by atoms with Crippen LogP contribution in [0.1, 0.15) is 19.8 Å². The van der Waals surface area contributed by atoms with Gasteiger partial charge in [-0.2, -0.15) is 0 Å². The normalized spacial score (nSPS) is 22.4. The molecule has 1 saturated heterocycles. The molecule has 0 atom stereocenters. The molecule has 1 aliphatic rings. The average molecular weight is 153 g/mol. The van der Waals surface area contributed by atoms with Gasteiger partial charge in [-0.1, -0.05) is 13.3 Å². The Hall–Kier alpha value is -0.0800. The number of hydrogen-bond donors (Lipinski definition) is 0. The third-order valence-corrected chi connectivity index (χ3v) is 2.20. The van der Waals surface area contributed by atoms with Crippen molar-refractivity contribution in [1.82, 2.24) is 9.80 Å². The van der Waals surface area contributed by atoms with Gasteiger partial charge in [-0.15, -0.1) is 0 Å². The highest BCUT2D eigenvalue weighted by molar-refractivity contribution is 4.70. The van der Waals surface area contributed by atoms with Crippen molar-refractivity contribution < 1.29 is 0 Å². The summed E-state index contributed by atoms with van der Waals surface area (Å²) in [5.74, 6) is 0. The Morgan fingerprint density at radius 1 is 1.18 bits per heavy atom. The fraction of sp³-hybridized carbons (Fsp3) is 0.889. The Bertz CT molecular complexity index is 93.0. The molecule has 0 aromatic heterocycles. The van der Waals surface area contributed by atoms with E-state index >= 15 is 0 Å². The van der Waals surface area contributed by atoms with Crippen molar-refractivity contribution in [3.8, 4) is 0 Å². The molecule has 1 rings (SSSR count). The van der Waals surface area contributed by atoms with Gasteiger partial charge in [0.15, 0.2) is 0 Å². The lowest BCUT2D eigenvalue weighted by molar-refractivity contribution is 0.165. The monoisotopic (exact) mass is 153 g/mol. The molecule has 0 bridgehead atoms. The lowest BCUT2D eigenvalue weighted by atomic mass is 10.3. The molecule has 3 radical (unpaired) electrons. The molecule has 0 saturated carbocycles. The standard InChI is InChI=1S/C9H17N2/c1-3-4-5-11-8-6-10(2)7-9-11/h3-9H2,1H3. The molecule has 1 heterocycles. The summed E-state index contributed by atoms with van der Waals surface area (Å²) in [5, 5.41) is 0. The Kier molecular flexibility index (Phi) is 3.87. The summed E-state index contributed by atoms with van der Waals surface area (Å²) in [7, 11) is 7.35. The molecule has 1 aliphatic heterocycles. The van der Waals surface area contributed by atoms with Crippen LogP contribution in [0.15, 0.2) is 0 Å². The molecular weight excluding hydrogens is 136 g/mol. The lowest BCUT2D eigenvalue weighted by Gasteiger charge is -2.31. The van der Waals surface area contributed by atoms with Gasteiger partial charge in [-0.05, 0) is 13.0 Å². The van der Waals surface area contributed by atoms with Crippen LogP contribution in [0.25, 0.3) is 0 Å². The van der Waals surface area contributed by atoms with Crippen molar-refractivity contribution in [3.05, 3.63) is 7.05 Å². The van der Waals surface area contributed by atoms with E-state index in [1.54, 1.807) is 4.90 Å². The van der Waals surface area contributed by atoms with E-state index < -0.39 is 0 Å². The minimum absolute atomic E-state index is 0.920. The van der Waals surface area contributed by atoms with Gasteiger partial charge >= 0.3 is 0 Å². The Morgan fingerprint density at radius 3 is 2.36 bits per heavy atom. The third kappa shape index (κ3) is 3.21. The van der Waals surface area contributed by atoms with Gasteiger partial charge in [0.05, 0.1) is 7.05 Å². The second-order valence-corrected chi connectivity index (χ2v) is 3.18. The predicted octanol–water partition coefficient (Wildman–Crippen LogP) is 0.950. The summed E-state index contributed by atoms with van der Waals surface area (Å²) in [5.41, 5.74) is 0. The summed E-state index contributed by atoms with van der Waals surface area (Å²) in [4.78, 5) is 4.11. The van der Waals surface area contributed by atoms with Crippen LogP contribution in [0.3, 0.4) is 0 Å². The molecule has 0 aromatic rings. The first-order valence-corrected chi connectivity index (χ1v) is 4.51. The van der Waals surface area contributed by atoms with E-state index in [-0.39, 0.29) is 0 Å². The number of rotatable bonds is 3. The van der Waals surface area contributed by atoms with Gasteiger partial charge in [-0.3, -0.25) is 4.90 Å². The van der Waals surface area contributed by atoms with E-state index in [1.807, 2.05) is 0 Å². The van der Waals surface area contributed by atoms with Gasteiger partial charge in [-0.25, -0.2) is 0 Å². The SMILES string of the molecule is [C]N1CCN(CCCC)CC1. The molecule has 0 aliphatic carbocycles. The lowest BCUT2D eigenvalue weighted by Crippen LogP contribution is -2.43. The molecule has 0 unspecified atom stereocenters. The van der Waals surface area contributed by atoms with Crippen molar-refractivity contribution in [1.29, 1.82) is 0 Å². The van der Waals surface area contributed by atoms with Crippen LogP contribution in [0.5, 0.6) is 0 Å². The first-order valence-electron chi connectivity index (χ1n) is 4.51. The number of nitrogens with zero attached hydrogens (tertiary/aromatic N) is 2. The summed E-state index contributed by atoms with van der Waals surface area (Å²) < 4.78 is 0. The zero-order valence-electron chi connectivity index (χ0n) is 7.34. The van der Waals surface area contributed by atoms with Crippen LogP contribution in [0.2, 0.25) is 0 Å². The Balaban J connectivity index is 2.07. The van der Waals surface area contributed by atoms with Gasteiger partial charge in [0.2, 0.25) is 0 Å². The molecule has 1 fully saturated rings. The largest absolute Gasteiger partial charge is 0.301 e. The minimum atomic E-state index is 0.920. The minimum Gasteiger partial charge on any atom is -0.301 e. The van der Waals surface area contributed by atoms with E-state index in [4.69, 9.17) is 7.05 Å². The highest BCUT2D eigenvalue weighted by atomic mass is 15.2. The fourth-order valence-corrected chi connectivity index (χ4v) is 1.35. The zero-order valence-corrected chi connectivity index (χ0v) is 7.34. The van der Waals surface area contributed by atoms with Crippen LogP contribution in [-0.2, 0) is 0 Å². The predicted molar refractivity (Wildman–Crippen MR) is 46.2 cm³/mol. The van der Waals surface area contributed by atoms with Crippen molar-refractivity contribution in [3.63, 3.8) is 0 Å². The van der Waals surface area contributed by atoms with Gasteiger partial charge in [0.25, 0.3) is 0 Å². The van der Waals surface area contributed by atoms with Gasteiger partial charge < -0.3 is 4.90 Å². The summed E-state index contributed by atoms with van der Waals surface area (Å²) in [6.45, 7) is 7.46. The maximum atomic E-state index is 7.35. The van der Waals surface area contributed by atoms with Crippen LogP contribution in [-0.4, -0.2) is 42.5 Å². The Morgan fingerprint density at radius 2 is 1.82 bits per heavy atom. The molecule has 0 amide bonds. The zero-order chi connectivity index (χ0) is 8.10. The molecule has 11 heavy (non-hydrogen) atoms. The maximum Gasteiger partial charge on any atom is 0.0883 e. The van der Waals surface area contributed by atoms with Crippen LogP contribution >= 0.6 is 0 Å². The highest BCUT2D eigenvalue weighted by Crippen LogP contribution is 2.01. The van der Waals surface area contributed by atoms with E-state index in [1.165, 1.54) is 19.4 Å². The molecule has 63 valence electrons. The molecule has 0 N–H and O–H groups in total. The number of piperazine rings is 1. The van der Waals surface area contributed by atoms with Crippen LogP contribution in [0, 0.1) is 7.05 Å². The first-order chi connectivity index (χ1) is 5.33. The smallest absolute Gasteiger partial charge is 0.0883 e. The molecule has 2 nitrogen and oxygen atoms in total. The topological polar surface area (TPSA) is 6.48 Å². The van der Waals surface area contributed by atoms with E-state index in [2.05, 4.69) is 11.8 Å². The van der Waals surface area contributed by atoms with Crippen LogP contribution in [0.4, 0.5) is 0 Å². The Labute approximate surface area is 70.2 Å². The first kappa shape index (κ1) is 9.01. The van der Waals surface area contributed by atoms with Gasteiger partial charge in [0.1, 0.15) is 0 Å². The van der Waals surface area contributed by atoms with Crippen LogP contribution < -0.4 is 0 Å². The van der Waals surface area contributed by atoms with Crippen molar-refractivity contribution in [2.75, 3.05) is 32.7 Å². The number of hydrogen-bond acceptors (Lipinski definition) is 2. The number of unbranched alkanes of at least 4 members (excludes halogenated alkanes) is 1. The molecular formula is C9H17N2. The van der Waals surface area contributed by atoms with Crippen molar-refractivity contribution >= 4 is 0 Å². The quantitative estimate of drug-likeness (QED) is 0.595. The summed E-state index contributed by atoms with van der Waals surface area (Å²) in [6.07, 6.45) is 2.58. The molecule has 0 aromatic carbocycles. The van der Waals surface area contributed by atoms with Crippen molar-refractivity contribution in [2.45, 2.75) is 19.8 Å². The van der Waals surface area contributed by atoms with Gasteiger partial charge in [0, 0.05) is 26.2 Å². The second-order valence-electron chi connectivity index (χ2n) is 3.18. The summed E-state index contributed by atoms with van der Waals surface area (Å²) >= 11 is 0. The van der Waals surface area contributed by atoms with E-state index in [0.29, 0.717) is 0 Å².